The van der Waals surface area contributed by atoms with Crippen LogP contribution in [-0.4, -0.2) is 20.6 Å². The Morgan fingerprint density at radius 3 is 2.54 bits per heavy atom. The number of carbonyl (C=O) groups is 1. The van der Waals surface area contributed by atoms with E-state index in [1.165, 1.54) is 0 Å². The zero-order valence-electron chi connectivity index (χ0n) is 14.9. The highest BCUT2D eigenvalue weighted by atomic mass is 35.5. The van der Waals surface area contributed by atoms with Crippen LogP contribution in [0.15, 0.2) is 42.9 Å². The second kappa shape index (κ2) is 7.32. The third-order valence-corrected chi connectivity index (χ3v) is 4.53. The van der Waals surface area contributed by atoms with Crippen molar-refractivity contribution in [2.45, 2.75) is 27.4 Å². The Bertz CT molecular complexity index is 956. The molecule has 2 aromatic carbocycles. The molecule has 0 unspecified atom stereocenters. The quantitative estimate of drug-likeness (QED) is 0.724. The van der Waals surface area contributed by atoms with Gasteiger partial charge in [-0.15, -0.1) is 0 Å². The van der Waals surface area contributed by atoms with Gasteiger partial charge in [0.2, 0.25) is 0 Å². The number of imidazole rings is 1. The van der Waals surface area contributed by atoms with Gasteiger partial charge in [-0.25, -0.2) is 4.98 Å². The minimum absolute atomic E-state index is 0.0302. The number of aryl methyl sites for hydroxylation is 3. The molecular weight excluding hydrogens is 350 g/mol. The molecule has 0 radical (unpaired) electrons. The van der Waals surface area contributed by atoms with Crippen LogP contribution in [-0.2, 0) is 6.61 Å². The van der Waals surface area contributed by atoms with Gasteiger partial charge in [0.05, 0.1) is 17.3 Å². The van der Waals surface area contributed by atoms with E-state index in [-0.39, 0.29) is 12.5 Å². The fourth-order valence-electron chi connectivity index (χ4n) is 2.91. The SMILES string of the molecule is Cc1ccc(Cl)c(-n2cnc(C(=O)Nc3c(C)cc(CO)cc3C)c2)c1. The topological polar surface area (TPSA) is 67.2 Å². The number of halogens is 1. The van der Waals surface area contributed by atoms with Crippen LogP contribution in [0.2, 0.25) is 5.02 Å². The molecule has 5 nitrogen and oxygen atoms in total. The molecule has 0 aliphatic carbocycles. The lowest BCUT2D eigenvalue weighted by Gasteiger charge is -2.12. The van der Waals surface area contributed by atoms with Gasteiger partial charge >= 0.3 is 0 Å². The molecule has 0 bridgehead atoms. The Balaban J connectivity index is 1.86. The van der Waals surface area contributed by atoms with E-state index in [9.17, 15) is 9.90 Å². The van der Waals surface area contributed by atoms with E-state index < -0.39 is 0 Å². The smallest absolute Gasteiger partial charge is 0.275 e. The zero-order chi connectivity index (χ0) is 18.8. The Hall–Kier alpha value is -2.63. The van der Waals surface area contributed by atoms with Crippen LogP contribution >= 0.6 is 11.6 Å². The van der Waals surface area contributed by atoms with Crippen LogP contribution in [0.1, 0.15) is 32.7 Å². The number of nitrogens with one attached hydrogen (secondary N) is 1. The van der Waals surface area contributed by atoms with Gasteiger partial charge in [-0.2, -0.15) is 0 Å². The van der Waals surface area contributed by atoms with E-state index in [2.05, 4.69) is 10.3 Å². The number of anilines is 1. The molecule has 1 heterocycles. The Morgan fingerprint density at radius 2 is 1.88 bits per heavy atom. The fraction of sp³-hybridized carbons (Fsp3) is 0.200. The summed E-state index contributed by atoms with van der Waals surface area (Å²) in [6.07, 6.45) is 3.23. The van der Waals surface area contributed by atoms with Gasteiger partial charge in [0.25, 0.3) is 5.91 Å². The summed E-state index contributed by atoms with van der Waals surface area (Å²) in [6.45, 7) is 5.74. The molecule has 0 atom stereocenters. The first-order valence-electron chi connectivity index (χ1n) is 8.22. The number of hydrogen-bond donors (Lipinski definition) is 2. The van der Waals surface area contributed by atoms with E-state index in [1.54, 1.807) is 17.1 Å². The Labute approximate surface area is 157 Å². The summed E-state index contributed by atoms with van der Waals surface area (Å²) in [5, 5.41) is 12.8. The van der Waals surface area contributed by atoms with Crippen molar-refractivity contribution in [3.8, 4) is 5.69 Å². The minimum atomic E-state index is -0.296. The summed E-state index contributed by atoms with van der Waals surface area (Å²) in [6, 6.07) is 9.40. The standard InChI is InChI=1S/C20H20ClN3O2/c1-12-4-5-16(21)18(6-12)24-9-17(22-11-24)20(26)23-19-13(2)7-15(10-25)8-14(19)3/h4-9,11,25H,10H2,1-3H3,(H,23,26). The first-order chi connectivity index (χ1) is 12.4. The molecule has 1 amide bonds. The Morgan fingerprint density at radius 1 is 1.19 bits per heavy atom. The number of amides is 1. The third kappa shape index (κ3) is 3.64. The van der Waals surface area contributed by atoms with Crippen LogP contribution in [0.4, 0.5) is 5.69 Å². The number of aliphatic hydroxyl groups excluding tert-OH is 1. The van der Waals surface area contributed by atoms with Crippen LogP contribution in [0.5, 0.6) is 0 Å². The molecule has 0 aliphatic heterocycles. The largest absolute Gasteiger partial charge is 0.392 e. The van der Waals surface area contributed by atoms with Crippen LogP contribution in [0.25, 0.3) is 5.69 Å². The fourth-order valence-corrected chi connectivity index (χ4v) is 3.13. The summed E-state index contributed by atoms with van der Waals surface area (Å²) < 4.78 is 1.73. The third-order valence-electron chi connectivity index (χ3n) is 4.21. The minimum Gasteiger partial charge on any atom is -0.392 e. The molecule has 0 saturated heterocycles. The van der Waals surface area contributed by atoms with Gasteiger partial charge in [-0.05, 0) is 55.2 Å². The van der Waals surface area contributed by atoms with Crippen LogP contribution in [0.3, 0.4) is 0 Å². The lowest BCUT2D eigenvalue weighted by molar-refractivity contribution is 0.102. The van der Waals surface area contributed by atoms with E-state index in [1.807, 2.05) is 51.1 Å². The van der Waals surface area contributed by atoms with Gasteiger partial charge in [-0.3, -0.25) is 4.79 Å². The van der Waals surface area contributed by atoms with Crippen molar-refractivity contribution in [1.29, 1.82) is 0 Å². The molecule has 0 saturated carbocycles. The number of rotatable bonds is 4. The van der Waals surface area contributed by atoms with E-state index in [0.717, 1.165) is 33.6 Å². The summed E-state index contributed by atoms with van der Waals surface area (Å²) in [5.41, 5.74) is 5.48. The molecule has 26 heavy (non-hydrogen) atoms. The first-order valence-corrected chi connectivity index (χ1v) is 8.59. The van der Waals surface area contributed by atoms with Gasteiger partial charge in [0, 0.05) is 11.9 Å². The van der Waals surface area contributed by atoms with Crippen molar-refractivity contribution in [2.75, 3.05) is 5.32 Å². The van der Waals surface area contributed by atoms with Crippen molar-refractivity contribution >= 4 is 23.2 Å². The molecule has 2 N–H and O–H groups in total. The number of hydrogen-bond acceptors (Lipinski definition) is 3. The zero-order valence-corrected chi connectivity index (χ0v) is 15.6. The average molecular weight is 370 g/mol. The molecule has 1 aromatic heterocycles. The predicted molar refractivity (Wildman–Crippen MR) is 103 cm³/mol. The summed E-state index contributed by atoms with van der Waals surface area (Å²) >= 11 is 6.25. The van der Waals surface area contributed by atoms with E-state index in [0.29, 0.717) is 10.7 Å². The van der Waals surface area contributed by atoms with Gasteiger partial charge in [0.1, 0.15) is 12.0 Å². The monoisotopic (exact) mass is 369 g/mol. The molecule has 3 aromatic rings. The number of aromatic nitrogens is 2. The summed E-state index contributed by atoms with van der Waals surface area (Å²) in [4.78, 5) is 16.8. The van der Waals surface area contributed by atoms with Crippen molar-refractivity contribution in [3.05, 3.63) is 75.8 Å². The average Bonchev–Trinajstić information content (AvgIpc) is 3.09. The highest BCUT2D eigenvalue weighted by Crippen LogP contribution is 2.24. The van der Waals surface area contributed by atoms with Crippen molar-refractivity contribution in [2.24, 2.45) is 0 Å². The van der Waals surface area contributed by atoms with Crippen molar-refractivity contribution < 1.29 is 9.90 Å². The Kier molecular flexibility index (Phi) is 5.11. The molecule has 6 heteroatoms. The number of carbonyl (C=O) groups excluding carboxylic acids is 1. The maximum absolute atomic E-state index is 12.6. The van der Waals surface area contributed by atoms with Crippen molar-refractivity contribution in [3.63, 3.8) is 0 Å². The van der Waals surface area contributed by atoms with Crippen LogP contribution < -0.4 is 5.32 Å². The van der Waals surface area contributed by atoms with Gasteiger partial charge < -0.3 is 15.0 Å². The maximum Gasteiger partial charge on any atom is 0.275 e. The highest BCUT2D eigenvalue weighted by molar-refractivity contribution is 6.32. The van der Waals surface area contributed by atoms with E-state index >= 15 is 0 Å². The highest BCUT2D eigenvalue weighted by Gasteiger charge is 2.14. The van der Waals surface area contributed by atoms with Gasteiger partial charge in [0.15, 0.2) is 0 Å². The number of aliphatic hydroxyl groups is 1. The normalized spacial score (nSPS) is 10.8. The van der Waals surface area contributed by atoms with E-state index in [4.69, 9.17) is 11.6 Å². The maximum atomic E-state index is 12.6. The number of benzene rings is 2. The lowest BCUT2D eigenvalue weighted by atomic mass is 10.0. The number of nitrogens with zero attached hydrogens (tertiary/aromatic N) is 2. The van der Waals surface area contributed by atoms with Crippen molar-refractivity contribution in [1.82, 2.24) is 9.55 Å². The predicted octanol–water partition coefficient (Wildman–Crippen LogP) is 4.20. The summed E-state index contributed by atoms with van der Waals surface area (Å²) in [5.74, 6) is -0.296. The molecule has 0 aliphatic rings. The molecular formula is C20H20ClN3O2. The first kappa shape index (κ1) is 18.2. The lowest BCUT2D eigenvalue weighted by Crippen LogP contribution is -2.14. The van der Waals surface area contributed by atoms with Crippen LogP contribution in [0, 0.1) is 20.8 Å². The summed E-state index contributed by atoms with van der Waals surface area (Å²) in [7, 11) is 0. The molecule has 134 valence electrons. The second-order valence-corrected chi connectivity index (χ2v) is 6.75. The van der Waals surface area contributed by atoms with Gasteiger partial charge in [-0.1, -0.05) is 29.8 Å². The molecule has 3 rings (SSSR count). The molecule has 0 fully saturated rings. The molecule has 0 spiro atoms. The second-order valence-electron chi connectivity index (χ2n) is 6.34.